The molecule has 12 rings (SSSR count). The Morgan fingerprint density at radius 2 is 1.21 bits per heavy atom. The summed E-state index contributed by atoms with van der Waals surface area (Å²) in [6.07, 6.45) is 10.1. The topological polar surface area (TPSA) is 106 Å². The standard InChI is InChI=1S/C48H54N6O4/c1-4-30-26-53-20-16-32(30)23-43(53)45(35-14-18-49-41-12-10-29(28-55)22-39(35)41)57-47-37-8-6-7-9-38(37)48(52-51-47)58-46(44-24-33-17-21-54(44)27-31(33)5-2)36-15-19-50-42-13-11-34(56-3)25-40(36)42/h6-15,18-19,22,25,30-33,43-46,55H,4-5,16-17,20-21,23-24,26-28H2,1-3H3/t30-,31?,32+,33?,43?,44?,45-,46-/m0/s1. The molecule has 1 N–H and O–H groups in total. The first-order chi connectivity index (χ1) is 28.5. The van der Waals surface area contributed by atoms with Crippen LogP contribution in [0.2, 0.25) is 0 Å². The lowest BCUT2D eigenvalue weighted by Crippen LogP contribution is -2.56. The minimum Gasteiger partial charge on any atom is -0.497 e. The highest BCUT2D eigenvalue weighted by Crippen LogP contribution is 2.47. The van der Waals surface area contributed by atoms with Gasteiger partial charge in [0.25, 0.3) is 0 Å². The van der Waals surface area contributed by atoms with Gasteiger partial charge in [-0.3, -0.25) is 19.8 Å². The van der Waals surface area contributed by atoms with Crippen molar-refractivity contribution in [2.45, 2.75) is 83.3 Å². The molecule has 6 saturated heterocycles. The number of hydrogen-bond donors (Lipinski definition) is 1. The molecule has 3 aromatic heterocycles. The highest BCUT2D eigenvalue weighted by atomic mass is 16.5. The van der Waals surface area contributed by atoms with Gasteiger partial charge in [-0.2, -0.15) is 0 Å². The van der Waals surface area contributed by atoms with Crippen LogP contribution in [0.25, 0.3) is 32.6 Å². The van der Waals surface area contributed by atoms with Crippen LogP contribution in [-0.4, -0.2) is 80.4 Å². The summed E-state index contributed by atoms with van der Waals surface area (Å²) in [4.78, 5) is 14.8. The fourth-order valence-electron chi connectivity index (χ4n) is 11.2. The van der Waals surface area contributed by atoms with Crippen molar-refractivity contribution in [3.8, 4) is 17.5 Å². The minimum atomic E-state index is -0.326. The van der Waals surface area contributed by atoms with Crippen LogP contribution in [0.5, 0.6) is 17.5 Å². The maximum Gasteiger partial charge on any atom is 0.242 e. The van der Waals surface area contributed by atoms with Gasteiger partial charge in [-0.25, -0.2) is 0 Å². The minimum absolute atomic E-state index is 0.0362. The van der Waals surface area contributed by atoms with Crippen molar-refractivity contribution in [2.24, 2.45) is 23.7 Å². The van der Waals surface area contributed by atoms with E-state index in [2.05, 4.69) is 60.0 Å². The van der Waals surface area contributed by atoms with Gasteiger partial charge in [0, 0.05) is 47.4 Å². The van der Waals surface area contributed by atoms with Gasteiger partial charge in [-0.1, -0.05) is 44.9 Å². The molecule has 0 spiro atoms. The van der Waals surface area contributed by atoms with Crippen LogP contribution in [0.4, 0.5) is 0 Å². The number of hydrogen-bond acceptors (Lipinski definition) is 10. The van der Waals surface area contributed by atoms with Gasteiger partial charge in [-0.05, 0) is 123 Å². The molecule has 4 bridgehead atoms. The number of nitrogens with zero attached hydrogens (tertiary/aromatic N) is 6. The van der Waals surface area contributed by atoms with E-state index in [1.807, 2.05) is 48.8 Å². The van der Waals surface area contributed by atoms with Gasteiger partial charge in [0.05, 0.1) is 47.6 Å². The Bertz CT molecular complexity index is 2280. The van der Waals surface area contributed by atoms with E-state index >= 15 is 0 Å². The van der Waals surface area contributed by atoms with E-state index in [9.17, 15) is 5.11 Å². The second kappa shape index (κ2) is 15.7. The maximum absolute atomic E-state index is 10.1. The number of pyridine rings is 2. The zero-order valence-corrected chi connectivity index (χ0v) is 33.8. The summed E-state index contributed by atoms with van der Waals surface area (Å²) in [5.41, 5.74) is 4.79. The van der Waals surface area contributed by atoms with Crippen LogP contribution >= 0.6 is 0 Å². The van der Waals surface area contributed by atoms with E-state index in [4.69, 9.17) is 34.4 Å². The monoisotopic (exact) mass is 778 g/mol. The molecule has 0 aliphatic carbocycles. The molecule has 6 unspecified atom stereocenters. The van der Waals surface area contributed by atoms with Gasteiger partial charge in [0.1, 0.15) is 18.0 Å². The summed E-state index contributed by atoms with van der Waals surface area (Å²) in [6, 6.07) is 24.9. The molecule has 3 aromatic carbocycles. The zero-order chi connectivity index (χ0) is 39.3. The van der Waals surface area contributed by atoms with Gasteiger partial charge >= 0.3 is 0 Å². The summed E-state index contributed by atoms with van der Waals surface area (Å²) in [5, 5.41) is 23.7. The van der Waals surface area contributed by atoms with Crippen molar-refractivity contribution in [2.75, 3.05) is 33.3 Å². The molecule has 0 saturated carbocycles. The molecule has 10 heteroatoms. The lowest BCUT2D eigenvalue weighted by molar-refractivity contribution is -0.0505. The molecule has 6 aliphatic heterocycles. The van der Waals surface area contributed by atoms with Crippen LogP contribution in [-0.2, 0) is 6.61 Å². The highest BCUT2D eigenvalue weighted by Gasteiger charge is 2.46. The van der Waals surface area contributed by atoms with E-state index in [0.717, 1.165) is 94.0 Å². The van der Waals surface area contributed by atoms with E-state index in [1.165, 1.54) is 25.7 Å². The molecule has 6 aliphatic rings. The molecule has 300 valence electrons. The molecular weight excluding hydrogens is 725 g/mol. The van der Waals surface area contributed by atoms with Crippen LogP contribution < -0.4 is 14.2 Å². The molecule has 9 heterocycles. The SMILES string of the molecule is CCC1CN2CCC1CC2[C@@H](Oc1nnc(O[C@@H](c2ccnc3ccc(CO)cc23)C2C[C@H]3CCN2C[C@@H]3CC)c2ccccc12)c1ccnc2ccc(OC)cc12. The fraction of sp³-hybridized carbons (Fsp3) is 0.458. The van der Waals surface area contributed by atoms with Crippen LogP contribution in [0.3, 0.4) is 0 Å². The summed E-state index contributed by atoms with van der Waals surface area (Å²) >= 11 is 0. The average Bonchev–Trinajstić information content (AvgIpc) is 3.29. The zero-order valence-electron chi connectivity index (χ0n) is 33.8. The Morgan fingerprint density at radius 1 is 0.672 bits per heavy atom. The van der Waals surface area contributed by atoms with Crippen LogP contribution in [0, 0.1) is 23.7 Å². The quantitative estimate of drug-likeness (QED) is 0.130. The molecule has 58 heavy (non-hydrogen) atoms. The summed E-state index contributed by atoms with van der Waals surface area (Å²) < 4.78 is 20.3. The Balaban J connectivity index is 1.06. The van der Waals surface area contributed by atoms with Crippen molar-refractivity contribution in [3.63, 3.8) is 0 Å². The molecule has 0 radical (unpaired) electrons. The van der Waals surface area contributed by atoms with Crippen molar-refractivity contribution in [3.05, 3.63) is 102 Å². The number of aromatic nitrogens is 4. The predicted molar refractivity (Wildman–Crippen MR) is 226 cm³/mol. The second-order valence-corrected chi connectivity index (χ2v) is 17.2. The molecular formula is C48H54N6O4. The lowest BCUT2D eigenvalue weighted by Gasteiger charge is -2.52. The Kier molecular flexibility index (Phi) is 10.1. The number of aliphatic hydroxyl groups is 1. The first-order valence-electron chi connectivity index (χ1n) is 21.5. The normalized spacial score (nSPS) is 27.5. The Labute approximate surface area is 340 Å². The fourth-order valence-corrected chi connectivity index (χ4v) is 11.2. The van der Waals surface area contributed by atoms with E-state index in [1.54, 1.807) is 7.11 Å². The molecule has 6 fully saturated rings. The van der Waals surface area contributed by atoms with Crippen molar-refractivity contribution in [1.82, 2.24) is 30.0 Å². The number of benzene rings is 3. The number of ether oxygens (including phenoxy) is 3. The van der Waals surface area contributed by atoms with E-state index in [-0.39, 0.29) is 30.9 Å². The number of piperidine rings is 6. The van der Waals surface area contributed by atoms with Crippen LogP contribution in [0.1, 0.15) is 81.3 Å². The van der Waals surface area contributed by atoms with Gasteiger partial charge in [0.2, 0.25) is 11.8 Å². The number of fused-ring (bicyclic) bond motifs is 9. The third-order valence-corrected chi connectivity index (χ3v) is 14.3. The molecule has 0 amide bonds. The van der Waals surface area contributed by atoms with Crippen molar-refractivity contribution >= 4 is 32.6 Å². The summed E-state index contributed by atoms with van der Waals surface area (Å²) in [6.45, 7) is 8.90. The maximum atomic E-state index is 10.1. The third-order valence-electron chi connectivity index (χ3n) is 14.3. The van der Waals surface area contributed by atoms with Crippen molar-refractivity contribution in [1.29, 1.82) is 0 Å². The molecule has 6 aromatic rings. The number of methoxy groups -OCH3 is 1. The average molecular weight is 779 g/mol. The second-order valence-electron chi connectivity index (χ2n) is 17.2. The first kappa shape index (κ1) is 37.4. The first-order valence-corrected chi connectivity index (χ1v) is 21.5. The summed E-state index contributed by atoms with van der Waals surface area (Å²) in [5.74, 6) is 4.52. The van der Waals surface area contributed by atoms with Gasteiger partial charge in [-0.15, -0.1) is 10.2 Å². The van der Waals surface area contributed by atoms with Crippen LogP contribution in [0.15, 0.2) is 85.2 Å². The molecule has 10 nitrogen and oxygen atoms in total. The highest BCUT2D eigenvalue weighted by molar-refractivity contribution is 5.91. The number of rotatable bonds is 12. The Morgan fingerprint density at radius 3 is 1.69 bits per heavy atom. The molecule has 10 atom stereocenters. The van der Waals surface area contributed by atoms with E-state index < -0.39 is 0 Å². The predicted octanol–water partition coefficient (Wildman–Crippen LogP) is 8.71. The summed E-state index contributed by atoms with van der Waals surface area (Å²) in [7, 11) is 1.71. The third kappa shape index (κ3) is 6.63. The number of aliphatic hydroxyl groups excluding tert-OH is 1. The van der Waals surface area contributed by atoms with E-state index in [0.29, 0.717) is 35.4 Å². The van der Waals surface area contributed by atoms with Gasteiger partial charge in [0.15, 0.2) is 0 Å². The van der Waals surface area contributed by atoms with Gasteiger partial charge < -0.3 is 19.3 Å². The van der Waals surface area contributed by atoms with Crippen molar-refractivity contribution < 1.29 is 19.3 Å². The largest absolute Gasteiger partial charge is 0.497 e. The smallest absolute Gasteiger partial charge is 0.242 e. The lowest BCUT2D eigenvalue weighted by atomic mass is 9.72. The Hall–Kier alpha value is -4.90.